The van der Waals surface area contributed by atoms with Crippen molar-refractivity contribution >= 4 is 21.6 Å². The van der Waals surface area contributed by atoms with Gasteiger partial charge in [0, 0.05) is 13.1 Å². The zero-order chi connectivity index (χ0) is 18.6. The van der Waals surface area contributed by atoms with Crippen molar-refractivity contribution in [1.29, 1.82) is 0 Å². The Morgan fingerprint density at radius 3 is 2.42 bits per heavy atom. The molecule has 0 aromatic heterocycles. The van der Waals surface area contributed by atoms with Crippen molar-refractivity contribution in [3.8, 4) is 0 Å². The summed E-state index contributed by atoms with van der Waals surface area (Å²) in [4.78, 5) is 2.36. The zero-order valence-electron chi connectivity index (χ0n) is 14.4. The number of hydrogen-bond acceptors (Lipinski definition) is 3. The molecule has 1 saturated heterocycles. The number of nitrogens with zero attached hydrogens (tertiary/aromatic N) is 1. The first-order valence-electron chi connectivity index (χ1n) is 8.69. The number of hydrogen-bond donors (Lipinski definition) is 1. The van der Waals surface area contributed by atoms with Crippen LogP contribution in [-0.4, -0.2) is 26.4 Å². The van der Waals surface area contributed by atoms with Crippen molar-refractivity contribution < 1.29 is 12.8 Å². The summed E-state index contributed by atoms with van der Waals surface area (Å²) in [7, 11) is -3.76. The van der Waals surface area contributed by atoms with Crippen LogP contribution in [-0.2, 0) is 23.1 Å². The molecule has 4 nitrogen and oxygen atoms in total. The van der Waals surface area contributed by atoms with Gasteiger partial charge < -0.3 is 0 Å². The molecule has 1 N–H and O–H groups in total. The maximum Gasteiger partial charge on any atom is 0.240 e. The highest BCUT2D eigenvalue weighted by molar-refractivity contribution is 7.89. The Hall–Kier alpha value is -1.47. The van der Waals surface area contributed by atoms with E-state index in [0.29, 0.717) is 0 Å². The van der Waals surface area contributed by atoms with E-state index in [1.807, 2.05) is 24.3 Å². The Morgan fingerprint density at radius 1 is 1.04 bits per heavy atom. The third-order valence-electron chi connectivity index (χ3n) is 4.62. The van der Waals surface area contributed by atoms with E-state index < -0.39 is 15.8 Å². The summed E-state index contributed by atoms with van der Waals surface area (Å²) in [5.74, 6) is -0.641. The summed E-state index contributed by atoms with van der Waals surface area (Å²) in [5.41, 5.74) is 2.06. The Bertz CT molecular complexity index is 868. The van der Waals surface area contributed by atoms with E-state index in [9.17, 15) is 12.8 Å². The van der Waals surface area contributed by atoms with E-state index in [1.54, 1.807) is 0 Å². The summed E-state index contributed by atoms with van der Waals surface area (Å²) in [6.07, 6.45) is 3.69. The van der Waals surface area contributed by atoms with Crippen LogP contribution in [0.5, 0.6) is 0 Å². The van der Waals surface area contributed by atoms with Crippen LogP contribution in [0.1, 0.15) is 30.4 Å². The fourth-order valence-electron chi connectivity index (χ4n) is 3.14. The van der Waals surface area contributed by atoms with Crippen LogP contribution in [0.3, 0.4) is 0 Å². The van der Waals surface area contributed by atoms with Crippen LogP contribution in [0.2, 0.25) is 5.02 Å². The smallest absolute Gasteiger partial charge is 0.240 e. The van der Waals surface area contributed by atoms with Crippen molar-refractivity contribution in [2.45, 2.75) is 37.2 Å². The minimum atomic E-state index is -3.76. The van der Waals surface area contributed by atoms with Crippen molar-refractivity contribution in [3.63, 3.8) is 0 Å². The van der Waals surface area contributed by atoms with E-state index in [0.717, 1.165) is 42.9 Å². The Kier molecular flexibility index (Phi) is 6.29. The molecule has 1 fully saturated rings. The minimum absolute atomic E-state index is 0.0441. The van der Waals surface area contributed by atoms with E-state index in [2.05, 4.69) is 9.62 Å². The summed E-state index contributed by atoms with van der Waals surface area (Å²) in [6.45, 7) is 3.16. The van der Waals surface area contributed by atoms with Crippen LogP contribution >= 0.6 is 11.6 Å². The Balaban J connectivity index is 1.71. The molecule has 0 bridgehead atoms. The number of halogens is 2. The SMILES string of the molecule is O=S(=O)(NCc1ccccc1CN1CCCCC1)c1ccc(F)c(Cl)c1. The average molecular weight is 397 g/mol. The predicted molar refractivity (Wildman–Crippen MR) is 101 cm³/mol. The van der Waals surface area contributed by atoms with Crippen LogP contribution in [0.4, 0.5) is 4.39 Å². The predicted octanol–water partition coefficient (Wildman–Crippen LogP) is 3.94. The van der Waals surface area contributed by atoms with Gasteiger partial charge in [0.15, 0.2) is 0 Å². The fourth-order valence-corrected chi connectivity index (χ4v) is 4.42. The molecule has 1 heterocycles. The molecule has 1 aliphatic rings. The number of rotatable bonds is 6. The van der Waals surface area contributed by atoms with Gasteiger partial charge in [0.25, 0.3) is 0 Å². The summed E-state index contributed by atoms with van der Waals surface area (Å²) in [5, 5.41) is -0.210. The monoisotopic (exact) mass is 396 g/mol. The molecule has 0 aliphatic carbocycles. The van der Waals surface area contributed by atoms with Gasteiger partial charge in [-0.1, -0.05) is 42.3 Å². The highest BCUT2D eigenvalue weighted by Crippen LogP contribution is 2.20. The molecule has 0 spiro atoms. The summed E-state index contributed by atoms with van der Waals surface area (Å²) in [6, 6.07) is 11.2. The molecule has 2 aromatic carbocycles. The van der Waals surface area contributed by atoms with E-state index in [4.69, 9.17) is 11.6 Å². The second-order valence-corrected chi connectivity index (χ2v) is 8.68. The molecule has 140 valence electrons. The van der Waals surface area contributed by atoms with Crippen molar-refractivity contribution in [2.75, 3.05) is 13.1 Å². The maximum atomic E-state index is 13.3. The number of piperidine rings is 1. The second-order valence-electron chi connectivity index (χ2n) is 6.51. The topological polar surface area (TPSA) is 49.4 Å². The average Bonchev–Trinajstić information content (AvgIpc) is 2.64. The number of likely N-dealkylation sites (tertiary alicyclic amines) is 1. The van der Waals surface area contributed by atoms with Gasteiger partial charge in [-0.15, -0.1) is 0 Å². The maximum absolute atomic E-state index is 13.3. The molecule has 0 saturated carbocycles. The standard InChI is InChI=1S/C19H22ClFN2O2S/c20-18-12-17(8-9-19(18)21)26(24,25)22-13-15-6-2-3-7-16(15)14-23-10-4-1-5-11-23/h2-3,6-9,12,22H,1,4-5,10-11,13-14H2. The number of nitrogens with one attached hydrogen (secondary N) is 1. The van der Waals surface area contributed by atoms with Gasteiger partial charge in [0.1, 0.15) is 5.82 Å². The van der Waals surface area contributed by atoms with Gasteiger partial charge in [-0.2, -0.15) is 0 Å². The molecule has 7 heteroatoms. The summed E-state index contributed by atoms with van der Waals surface area (Å²) >= 11 is 5.70. The Morgan fingerprint density at radius 2 is 1.73 bits per heavy atom. The molecular formula is C19H22ClFN2O2S. The summed E-state index contributed by atoms with van der Waals surface area (Å²) < 4.78 is 40.8. The van der Waals surface area contributed by atoms with Gasteiger partial charge in [-0.05, 0) is 55.3 Å². The quantitative estimate of drug-likeness (QED) is 0.804. The molecule has 3 rings (SSSR count). The molecular weight excluding hydrogens is 375 g/mol. The van der Waals surface area contributed by atoms with Crippen LogP contribution in [0.25, 0.3) is 0 Å². The van der Waals surface area contributed by atoms with Crippen LogP contribution in [0.15, 0.2) is 47.4 Å². The molecule has 0 radical (unpaired) electrons. The fraction of sp³-hybridized carbons (Fsp3) is 0.368. The third-order valence-corrected chi connectivity index (χ3v) is 6.30. The van der Waals surface area contributed by atoms with Gasteiger partial charge in [0.2, 0.25) is 10.0 Å². The molecule has 0 amide bonds. The van der Waals surface area contributed by atoms with Crippen LogP contribution in [0, 0.1) is 5.82 Å². The van der Waals surface area contributed by atoms with Gasteiger partial charge in [-0.25, -0.2) is 17.5 Å². The first-order valence-corrected chi connectivity index (χ1v) is 10.6. The van der Waals surface area contributed by atoms with Gasteiger partial charge in [-0.3, -0.25) is 4.90 Å². The normalized spacial score (nSPS) is 15.9. The van der Waals surface area contributed by atoms with E-state index >= 15 is 0 Å². The largest absolute Gasteiger partial charge is 0.299 e. The lowest BCUT2D eigenvalue weighted by Gasteiger charge is -2.27. The van der Waals surface area contributed by atoms with Crippen molar-refractivity contribution in [1.82, 2.24) is 9.62 Å². The molecule has 2 aromatic rings. The second kappa shape index (κ2) is 8.48. The Labute approximate surface area is 159 Å². The molecule has 0 unspecified atom stereocenters. The van der Waals surface area contributed by atoms with Gasteiger partial charge in [0.05, 0.1) is 9.92 Å². The molecule has 26 heavy (non-hydrogen) atoms. The zero-order valence-corrected chi connectivity index (χ0v) is 16.0. The minimum Gasteiger partial charge on any atom is -0.299 e. The van der Waals surface area contributed by atoms with Gasteiger partial charge >= 0.3 is 0 Å². The first-order chi connectivity index (χ1) is 12.5. The number of benzene rings is 2. The van der Waals surface area contributed by atoms with Crippen molar-refractivity contribution in [2.24, 2.45) is 0 Å². The highest BCUT2D eigenvalue weighted by Gasteiger charge is 2.17. The van der Waals surface area contributed by atoms with Crippen LogP contribution < -0.4 is 4.72 Å². The lowest BCUT2D eigenvalue weighted by atomic mass is 10.1. The van der Waals surface area contributed by atoms with Crippen molar-refractivity contribution in [3.05, 3.63) is 64.4 Å². The highest BCUT2D eigenvalue weighted by atomic mass is 35.5. The van der Waals surface area contributed by atoms with E-state index in [-0.39, 0.29) is 16.5 Å². The lowest BCUT2D eigenvalue weighted by Crippen LogP contribution is -2.30. The number of sulfonamides is 1. The molecule has 1 aliphatic heterocycles. The van der Waals surface area contributed by atoms with E-state index in [1.165, 1.54) is 25.3 Å². The third kappa shape index (κ3) is 4.82. The molecule has 0 atom stereocenters. The first kappa shape index (κ1) is 19.3. The lowest BCUT2D eigenvalue weighted by molar-refractivity contribution is 0.220.